The monoisotopic (exact) mass is 211 g/mol. The van der Waals surface area contributed by atoms with Crippen LogP contribution in [0.25, 0.3) is 0 Å². The molecule has 0 radical (unpaired) electrons. The van der Waals surface area contributed by atoms with Crippen LogP contribution in [0.1, 0.15) is 17.8 Å². The second-order valence-corrected chi connectivity index (χ2v) is 2.65. The highest BCUT2D eigenvalue weighted by atomic mass is 35.5. The van der Waals surface area contributed by atoms with Gasteiger partial charge in [0.1, 0.15) is 17.2 Å². The topological polar surface area (TPSA) is 33.1 Å². The molecule has 1 N–H and O–H groups in total. The molecule has 0 atom stereocenters. The fourth-order valence-corrected chi connectivity index (χ4v) is 1.01. The molecule has 0 unspecified atom stereocenters. The molecule has 0 aliphatic rings. The van der Waals surface area contributed by atoms with Crippen LogP contribution in [0.5, 0.6) is 0 Å². The third-order valence-corrected chi connectivity index (χ3v) is 1.69. The smallest absolute Gasteiger partial charge is 0.281 e. The second-order valence-electron chi connectivity index (χ2n) is 2.24. The Kier molecular flexibility index (Phi) is 3.11. The van der Waals surface area contributed by atoms with Crippen LogP contribution in [-0.4, -0.2) is 10.1 Å². The number of alkyl halides is 2. The van der Waals surface area contributed by atoms with E-state index >= 15 is 0 Å². The molecule has 0 aliphatic heterocycles. The zero-order valence-corrected chi connectivity index (χ0v) is 7.02. The number of aromatic nitrogens is 1. The van der Waals surface area contributed by atoms with Crippen LogP contribution in [0.4, 0.5) is 13.2 Å². The molecule has 0 amide bonds. The first-order valence-corrected chi connectivity index (χ1v) is 3.68. The molecule has 0 aromatic carbocycles. The maximum atomic E-state index is 12.7. The summed E-state index contributed by atoms with van der Waals surface area (Å²) in [6.07, 6.45) is -2.88. The fourth-order valence-electron chi connectivity index (χ4n) is 0.785. The molecular weight excluding hydrogens is 207 g/mol. The zero-order valence-electron chi connectivity index (χ0n) is 6.27. The number of hydrogen-bond donors (Lipinski definition) is 1. The average Bonchev–Trinajstić information content (AvgIpc) is 2.03. The fraction of sp³-hybridized carbons (Fsp3) is 0.286. The number of rotatable bonds is 2. The van der Waals surface area contributed by atoms with Crippen molar-refractivity contribution in [3.63, 3.8) is 0 Å². The summed E-state index contributed by atoms with van der Waals surface area (Å²) in [7, 11) is 0. The molecule has 0 spiro atoms. The summed E-state index contributed by atoms with van der Waals surface area (Å²) in [5.41, 5.74) is -1.15. The first-order chi connectivity index (χ1) is 6.06. The number of aliphatic hydroxyl groups is 1. The van der Waals surface area contributed by atoms with Crippen LogP contribution in [0, 0.1) is 5.82 Å². The Morgan fingerprint density at radius 3 is 2.62 bits per heavy atom. The molecule has 1 aromatic heterocycles. The Morgan fingerprint density at radius 1 is 1.54 bits per heavy atom. The molecule has 13 heavy (non-hydrogen) atoms. The van der Waals surface area contributed by atoms with Crippen LogP contribution in [0.15, 0.2) is 6.07 Å². The molecule has 2 nitrogen and oxygen atoms in total. The van der Waals surface area contributed by atoms with E-state index in [1.165, 1.54) is 0 Å². The van der Waals surface area contributed by atoms with E-state index in [9.17, 15) is 13.2 Å². The predicted octanol–water partition coefficient (Wildman–Crippen LogP) is 2.30. The van der Waals surface area contributed by atoms with Gasteiger partial charge in [-0.25, -0.2) is 18.2 Å². The van der Waals surface area contributed by atoms with E-state index in [4.69, 9.17) is 16.7 Å². The SMILES string of the molecule is OCc1nc(C(F)F)c(Cl)cc1F. The number of hydrogen-bond acceptors (Lipinski definition) is 2. The van der Waals surface area contributed by atoms with Gasteiger partial charge >= 0.3 is 0 Å². The lowest BCUT2D eigenvalue weighted by Crippen LogP contribution is -2.01. The molecule has 0 saturated carbocycles. The Morgan fingerprint density at radius 2 is 2.15 bits per heavy atom. The Balaban J connectivity index is 3.22. The second kappa shape index (κ2) is 3.93. The van der Waals surface area contributed by atoms with Gasteiger partial charge in [0, 0.05) is 0 Å². The van der Waals surface area contributed by atoms with Gasteiger partial charge < -0.3 is 5.11 Å². The van der Waals surface area contributed by atoms with Gasteiger partial charge in [-0.05, 0) is 6.07 Å². The maximum absolute atomic E-state index is 12.7. The lowest BCUT2D eigenvalue weighted by Gasteiger charge is -2.04. The van der Waals surface area contributed by atoms with Crippen LogP contribution in [0.2, 0.25) is 5.02 Å². The van der Waals surface area contributed by atoms with Gasteiger partial charge in [0.2, 0.25) is 0 Å². The maximum Gasteiger partial charge on any atom is 0.281 e. The first-order valence-electron chi connectivity index (χ1n) is 3.30. The van der Waals surface area contributed by atoms with Gasteiger partial charge in [0.05, 0.1) is 11.6 Å². The molecule has 0 bridgehead atoms. The standard InChI is InChI=1S/C7H5ClF3NO/c8-3-1-4(9)5(2-13)12-6(3)7(10)11/h1,7,13H,2H2. The van der Waals surface area contributed by atoms with E-state index < -0.39 is 35.3 Å². The summed E-state index contributed by atoms with van der Waals surface area (Å²) < 4.78 is 37.0. The molecule has 0 fully saturated rings. The van der Waals surface area contributed by atoms with Crippen molar-refractivity contribution >= 4 is 11.6 Å². The van der Waals surface area contributed by atoms with Crippen molar-refractivity contribution in [2.45, 2.75) is 13.0 Å². The summed E-state index contributed by atoms with van der Waals surface area (Å²) in [6, 6.07) is 0.710. The number of halogens is 4. The highest BCUT2D eigenvalue weighted by Gasteiger charge is 2.17. The van der Waals surface area contributed by atoms with Crippen molar-refractivity contribution in [2.24, 2.45) is 0 Å². The lowest BCUT2D eigenvalue weighted by molar-refractivity contribution is 0.145. The van der Waals surface area contributed by atoms with Gasteiger partial charge in [0.25, 0.3) is 6.43 Å². The molecule has 0 aliphatic carbocycles. The van der Waals surface area contributed by atoms with Crippen molar-refractivity contribution in [3.8, 4) is 0 Å². The van der Waals surface area contributed by atoms with E-state index in [1.54, 1.807) is 0 Å². The molecule has 1 heterocycles. The molecular formula is C7H5ClF3NO. The summed E-state index contributed by atoms with van der Waals surface area (Å²) in [6.45, 7) is -0.733. The molecule has 1 rings (SSSR count). The summed E-state index contributed by atoms with van der Waals surface area (Å²) in [5, 5.41) is 8.08. The number of pyridine rings is 1. The van der Waals surface area contributed by atoms with E-state index in [-0.39, 0.29) is 0 Å². The predicted molar refractivity (Wildman–Crippen MR) is 40.1 cm³/mol. The van der Waals surface area contributed by atoms with E-state index in [0.717, 1.165) is 0 Å². The van der Waals surface area contributed by atoms with Crippen molar-refractivity contribution in [2.75, 3.05) is 0 Å². The third-order valence-electron chi connectivity index (χ3n) is 1.39. The summed E-state index contributed by atoms with van der Waals surface area (Å²) in [5.74, 6) is -0.892. The minimum absolute atomic E-state index is 0.431. The Labute approximate surface area is 77.0 Å². The van der Waals surface area contributed by atoms with E-state index in [1.807, 2.05) is 0 Å². The highest BCUT2D eigenvalue weighted by molar-refractivity contribution is 6.31. The number of nitrogens with zero attached hydrogens (tertiary/aromatic N) is 1. The van der Waals surface area contributed by atoms with Gasteiger partial charge in [-0.1, -0.05) is 11.6 Å². The van der Waals surface area contributed by atoms with Crippen LogP contribution in [-0.2, 0) is 6.61 Å². The Bertz CT molecular complexity index is 319. The van der Waals surface area contributed by atoms with E-state index in [0.29, 0.717) is 6.07 Å². The summed E-state index contributed by atoms with van der Waals surface area (Å²) in [4.78, 5) is 3.18. The third kappa shape index (κ3) is 2.10. The van der Waals surface area contributed by atoms with Crippen molar-refractivity contribution in [3.05, 3.63) is 28.3 Å². The molecule has 72 valence electrons. The lowest BCUT2D eigenvalue weighted by atomic mass is 10.3. The minimum atomic E-state index is -2.88. The molecule has 6 heteroatoms. The van der Waals surface area contributed by atoms with E-state index in [2.05, 4.69) is 4.98 Å². The average molecular weight is 212 g/mol. The van der Waals surface area contributed by atoms with Crippen molar-refractivity contribution in [1.82, 2.24) is 4.98 Å². The molecule has 1 aromatic rings. The number of aliphatic hydroxyl groups excluding tert-OH is 1. The van der Waals surface area contributed by atoms with Gasteiger partial charge in [-0.2, -0.15) is 0 Å². The van der Waals surface area contributed by atoms with Crippen LogP contribution < -0.4 is 0 Å². The largest absolute Gasteiger partial charge is 0.390 e. The van der Waals surface area contributed by atoms with Crippen LogP contribution in [0.3, 0.4) is 0 Å². The normalized spacial score (nSPS) is 10.9. The quantitative estimate of drug-likeness (QED) is 0.814. The zero-order chi connectivity index (χ0) is 10.0. The van der Waals surface area contributed by atoms with Crippen LogP contribution >= 0.6 is 11.6 Å². The Hall–Kier alpha value is -0.810. The van der Waals surface area contributed by atoms with Crippen molar-refractivity contribution < 1.29 is 18.3 Å². The first kappa shape index (κ1) is 10.3. The summed E-state index contributed by atoms with van der Waals surface area (Å²) >= 11 is 5.29. The van der Waals surface area contributed by atoms with Gasteiger partial charge in [-0.15, -0.1) is 0 Å². The highest BCUT2D eigenvalue weighted by Crippen LogP contribution is 2.26. The molecule has 0 saturated heterocycles. The minimum Gasteiger partial charge on any atom is -0.390 e. The van der Waals surface area contributed by atoms with Gasteiger partial charge in [0.15, 0.2) is 0 Å². The van der Waals surface area contributed by atoms with Gasteiger partial charge in [-0.3, -0.25) is 0 Å². The van der Waals surface area contributed by atoms with Crippen molar-refractivity contribution in [1.29, 1.82) is 0 Å².